The zero-order valence-electron chi connectivity index (χ0n) is 13.1. The number of furan rings is 1. The summed E-state index contributed by atoms with van der Waals surface area (Å²) in [6.07, 6.45) is 0.965. The van der Waals surface area contributed by atoms with Crippen LogP contribution in [0.1, 0.15) is 38.7 Å². The average molecular weight is 294 g/mol. The normalized spacial score (nSPS) is 22.8. The van der Waals surface area contributed by atoms with Gasteiger partial charge in [-0.3, -0.25) is 4.79 Å². The van der Waals surface area contributed by atoms with Crippen LogP contribution in [0.25, 0.3) is 0 Å². The van der Waals surface area contributed by atoms with Gasteiger partial charge in [-0.2, -0.15) is 0 Å². The Hall–Kier alpha value is -1.33. The zero-order chi connectivity index (χ0) is 15.4. The van der Waals surface area contributed by atoms with E-state index in [-0.39, 0.29) is 18.4 Å². The number of rotatable bonds is 5. The zero-order valence-corrected chi connectivity index (χ0v) is 13.1. The number of likely N-dealkylation sites (tertiary alicyclic amines) is 1. The second-order valence-electron chi connectivity index (χ2n) is 6.22. The van der Waals surface area contributed by atoms with Crippen molar-refractivity contribution in [3.8, 4) is 0 Å². The first kappa shape index (κ1) is 16.0. The molecule has 2 atom stereocenters. The summed E-state index contributed by atoms with van der Waals surface area (Å²) in [5, 5.41) is 12.5. The molecular formula is C16H26N2O3. The van der Waals surface area contributed by atoms with Gasteiger partial charge in [-0.25, -0.2) is 0 Å². The number of carbonyl (C=O) groups excluding carboxylic acids is 1. The smallest absolute Gasteiger partial charge is 0.225 e. The van der Waals surface area contributed by atoms with E-state index in [2.05, 4.69) is 12.2 Å². The molecule has 5 heteroatoms. The number of aliphatic hydroxyl groups is 1. The molecule has 2 N–H and O–H groups in total. The molecule has 2 rings (SSSR count). The first-order chi connectivity index (χ1) is 10.0. The third-order valence-corrected chi connectivity index (χ3v) is 4.12. The predicted molar refractivity (Wildman–Crippen MR) is 80.5 cm³/mol. The number of carbonyl (C=O) groups is 1. The molecule has 5 nitrogen and oxygen atoms in total. The minimum absolute atomic E-state index is 0.0634. The van der Waals surface area contributed by atoms with E-state index >= 15 is 0 Å². The minimum Gasteiger partial charge on any atom is -0.462 e. The number of nitrogens with one attached hydrogen (secondary N) is 1. The van der Waals surface area contributed by atoms with E-state index in [4.69, 9.17) is 9.52 Å². The number of hydrogen-bond acceptors (Lipinski definition) is 4. The Morgan fingerprint density at radius 3 is 2.76 bits per heavy atom. The number of nitrogens with zero attached hydrogens (tertiary/aromatic N) is 1. The van der Waals surface area contributed by atoms with Gasteiger partial charge in [-0.05, 0) is 24.5 Å². The van der Waals surface area contributed by atoms with Gasteiger partial charge in [-0.1, -0.05) is 20.8 Å². The van der Waals surface area contributed by atoms with Crippen LogP contribution in [0.2, 0.25) is 0 Å². The van der Waals surface area contributed by atoms with E-state index in [1.807, 2.05) is 24.8 Å². The van der Waals surface area contributed by atoms with Crippen molar-refractivity contribution in [1.82, 2.24) is 10.2 Å². The van der Waals surface area contributed by atoms with E-state index in [9.17, 15) is 4.79 Å². The van der Waals surface area contributed by atoms with E-state index in [0.717, 1.165) is 25.3 Å². The summed E-state index contributed by atoms with van der Waals surface area (Å²) in [4.78, 5) is 14.0. The van der Waals surface area contributed by atoms with Crippen molar-refractivity contribution in [2.75, 3.05) is 13.1 Å². The van der Waals surface area contributed by atoms with Crippen molar-refractivity contribution in [2.45, 2.75) is 46.4 Å². The highest BCUT2D eigenvalue weighted by Gasteiger charge is 2.29. The standard InChI is InChI=1S/C16H26N2O3/c1-11(2)16(20)18-7-6-15(12(3)9-18)17-8-13-4-5-14(10-19)21-13/h4-5,11-12,15,17,19H,6-10H2,1-3H3/t12-,15+/m1/s1. The number of amides is 1. The molecule has 0 radical (unpaired) electrons. The molecule has 0 unspecified atom stereocenters. The van der Waals surface area contributed by atoms with Crippen molar-refractivity contribution in [3.05, 3.63) is 23.7 Å². The second-order valence-corrected chi connectivity index (χ2v) is 6.22. The highest BCUT2D eigenvalue weighted by molar-refractivity contribution is 5.78. The summed E-state index contributed by atoms with van der Waals surface area (Å²) < 4.78 is 5.47. The Bertz CT molecular complexity index is 470. The van der Waals surface area contributed by atoms with Gasteiger partial charge in [0, 0.05) is 25.0 Å². The van der Waals surface area contributed by atoms with E-state index in [0.29, 0.717) is 24.3 Å². The molecule has 0 aromatic carbocycles. The number of aliphatic hydroxyl groups excluding tert-OH is 1. The lowest BCUT2D eigenvalue weighted by Gasteiger charge is -2.38. The summed E-state index contributed by atoms with van der Waals surface area (Å²) in [5.41, 5.74) is 0. The molecular weight excluding hydrogens is 268 g/mol. The fraction of sp³-hybridized carbons (Fsp3) is 0.688. The van der Waals surface area contributed by atoms with E-state index < -0.39 is 0 Å². The Morgan fingerprint density at radius 1 is 1.48 bits per heavy atom. The quantitative estimate of drug-likeness (QED) is 0.868. The SMILES string of the molecule is CC(C)C(=O)N1CC[C@H](NCc2ccc(CO)o2)[C@H](C)C1. The monoisotopic (exact) mass is 294 g/mol. The van der Waals surface area contributed by atoms with E-state index in [1.54, 1.807) is 6.07 Å². The average Bonchev–Trinajstić information content (AvgIpc) is 2.93. The molecule has 1 fully saturated rings. The van der Waals surface area contributed by atoms with Crippen molar-refractivity contribution in [1.29, 1.82) is 0 Å². The van der Waals surface area contributed by atoms with Crippen LogP contribution >= 0.6 is 0 Å². The van der Waals surface area contributed by atoms with Crippen LogP contribution in [-0.4, -0.2) is 35.0 Å². The Balaban J connectivity index is 1.82. The van der Waals surface area contributed by atoms with Crippen LogP contribution in [0.4, 0.5) is 0 Å². The fourth-order valence-corrected chi connectivity index (χ4v) is 2.85. The predicted octanol–water partition coefficient (Wildman–Crippen LogP) is 1.75. The van der Waals surface area contributed by atoms with Gasteiger partial charge in [0.15, 0.2) is 0 Å². The van der Waals surface area contributed by atoms with Crippen LogP contribution in [0.15, 0.2) is 16.5 Å². The lowest BCUT2D eigenvalue weighted by Crippen LogP contribution is -2.50. The lowest BCUT2D eigenvalue weighted by molar-refractivity contribution is -0.136. The fourth-order valence-electron chi connectivity index (χ4n) is 2.85. The minimum atomic E-state index is -0.0634. The van der Waals surface area contributed by atoms with E-state index in [1.165, 1.54) is 0 Å². The molecule has 2 heterocycles. The molecule has 118 valence electrons. The van der Waals surface area contributed by atoms with Crippen molar-refractivity contribution < 1.29 is 14.3 Å². The molecule has 1 aromatic rings. The van der Waals surface area contributed by atoms with Gasteiger partial charge in [0.2, 0.25) is 5.91 Å². The van der Waals surface area contributed by atoms with Crippen LogP contribution in [0.5, 0.6) is 0 Å². The van der Waals surface area contributed by atoms with Gasteiger partial charge >= 0.3 is 0 Å². The molecule has 0 saturated carbocycles. The van der Waals surface area contributed by atoms with Gasteiger partial charge in [-0.15, -0.1) is 0 Å². The van der Waals surface area contributed by atoms with Crippen molar-refractivity contribution >= 4 is 5.91 Å². The second kappa shape index (κ2) is 7.09. The molecule has 0 aliphatic carbocycles. The molecule has 1 amide bonds. The third-order valence-electron chi connectivity index (χ3n) is 4.12. The molecule has 0 spiro atoms. The summed E-state index contributed by atoms with van der Waals surface area (Å²) in [6.45, 7) is 8.31. The van der Waals surface area contributed by atoms with Crippen LogP contribution < -0.4 is 5.32 Å². The maximum absolute atomic E-state index is 12.0. The number of piperidine rings is 1. The van der Waals surface area contributed by atoms with Gasteiger partial charge in [0.05, 0.1) is 6.54 Å². The maximum atomic E-state index is 12.0. The summed E-state index contributed by atoms with van der Waals surface area (Å²) in [5.74, 6) is 2.18. The first-order valence-corrected chi connectivity index (χ1v) is 7.72. The molecule has 0 bridgehead atoms. The van der Waals surface area contributed by atoms with Gasteiger partial charge < -0.3 is 19.7 Å². The number of hydrogen-bond donors (Lipinski definition) is 2. The summed E-state index contributed by atoms with van der Waals surface area (Å²) in [6, 6.07) is 4.08. The first-order valence-electron chi connectivity index (χ1n) is 7.72. The molecule has 1 aliphatic rings. The third kappa shape index (κ3) is 4.08. The molecule has 21 heavy (non-hydrogen) atoms. The van der Waals surface area contributed by atoms with Crippen LogP contribution in [-0.2, 0) is 17.9 Å². The van der Waals surface area contributed by atoms with Gasteiger partial charge in [0.1, 0.15) is 18.1 Å². The van der Waals surface area contributed by atoms with Crippen molar-refractivity contribution in [3.63, 3.8) is 0 Å². The topological polar surface area (TPSA) is 65.7 Å². The van der Waals surface area contributed by atoms with Crippen LogP contribution in [0.3, 0.4) is 0 Å². The highest BCUT2D eigenvalue weighted by Crippen LogP contribution is 2.19. The molecule has 1 aromatic heterocycles. The lowest BCUT2D eigenvalue weighted by atomic mass is 9.93. The Labute approximate surface area is 126 Å². The largest absolute Gasteiger partial charge is 0.462 e. The summed E-state index contributed by atoms with van der Waals surface area (Å²) >= 11 is 0. The Kier molecular flexibility index (Phi) is 5.42. The highest BCUT2D eigenvalue weighted by atomic mass is 16.4. The van der Waals surface area contributed by atoms with Gasteiger partial charge in [0.25, 0.3) is 0 Å². The summed E-state index contributed by atoms with van der Waals surface area (Å²) in [7, 11) is 0. The molecule has 1 saturated heterocycles. The maximum Gasteiger partial charge on any atom is 0.225 e. The molecule has 1 aliphatic heterocycles. The Morgan fingerprint density at radius 2 is 2.19 bits per heavy atom. The van der Waals surface area contributed by atoms with Crippen LogP contribution in [0, 0.1) is 11.8 Å². The van der Waals surface area contributed by atoms with Crippen molar-refractivity contribution in [2.24, 2.45) is 11.8 Å².